The summed E-state index contributed by atoms with van der Waals surface area (Å²) in [6, 6.07) is 22.4. The van der Waals surface area contributed by atoms with Gasteiger partial charge in [-0.05, 0) is 61.2 Å². The summed E-state index contributed by atoms with van der Waals surface area (Å²) in [7, 11) is 0. The lowest BCUT2D eigenvalue weighted by Gasteiger charge is -2.19. The second-order valence-corrected chi connectivity index (χ2v) is 9.79. The van der Waals surface area contributed by atoms with Gasteiger partial charge in [-0.3, -0.25) is 4.79 Å². The number of hydrogen-bond acceptors (Lipinski definition) is 5. The third-order valence-electron chi connectivity index (χ3n) is 6.11. The summed E-state index contributed by atoms with van der Waals surface area (Å²) in [5.74, 6) is -0.136. The molecule has 196 valence electrons. The summed E-state index contributed by atoms with van der Waals surface area (Å²) in [6.07, 6.45) is 0.854. The molecule has 1 amide bonds. The Hall–Kier alpha value is -3.94. The zero-order valence-corrected chi connectivity index (χ0v) is 22.6. The molecule has 0 bridgehead atoms. The summed E-state index contributed by atoms with van der Waals surface area (Å²) in [5, 5.41) is 0. The minimum atomic E-state index is -1.00. The van der Waals surface area contributed by atoms with Crippen molar-refractivity contribution in [3.05, 3.63) is 99.5 Å². The average molecular weight is 578 g/mol. The molecular formula is C29H28BrN3O5. The van der Waals surface area contributed by atoms with Crippen LogP contribution in [0.25, 0.3) is 5.53 Å². The van der Waals surface area contributed by atoms with Crippen molar-refractivity contribution in [1.82, 2.24) is 4.90 Å². The summed E-state index contributed by atoms with van der Waals surface area (Å²) < 4.78 is 17.8. The zero-order valence-electron chi connectivity index (χ0n) is 21.0. The first kappa shape index (κ1) is 27.1. The predicted octanol–water partition coefficient (Wildman–Crippen LogP) is 5.18. The molecule has 0 spiro atoms. The number of ether oxygens (including phenoxy) is 3. The van der Waals surface area contributed by atoms with E-state index in [2.05, 4.69) is 20.7 Å². The van der Waals surface area contributed by atoms with Gasteiger partial charge in [0.05, 0.1) is 0 Å². The van der Waals surface area contributed by atoms with E-state index in [4.69, 9.17) is 14.2 Å². The van der Waals surface area contributed by atoms with Crippen LogP contribution in [0.3, 0.4) is 0 Å². The fourth-order valence-electron chi connectivity index (χ4n) is 4.06. The second-order valence-electron chi connectivity index (χ2n) is 8.88. The van der Waals surface area contributed by atoms with E-state index in [-0.39, 0.29) is 23.8 Å². The van der Waals surface area contributed by atoms with E-state index >= 15 is 0 Å². The molecular weight excluding hydrogens is 550 g/mol. The van der Waals surface area contributed by atoms with E-state index in [1.807, 2.05) is 54.6 Å². The Kier molecular flexibility index (Phi) is 9.30. The fourth-order valence-corrected chi connectivity index (χ4v) is 4.42. The SMILES string of the molecule is C[C@H](OC(=O)C(=[N+]=[N-])c1cc(Br)ccc1OCc1ccc(OCc2ccccc2)cc1)C(=O)N1CCCC1. The first-order valence-electron chi connectivity index (χ1n) is 12.3. The predicted molar refractivity (Wildman–Crippen MR) is 145 cm³/mol. The van der Waals surface area contributed by atoms with Gasteiger partial charge in [0.1, 0.15) is 30.3 Å². The standard InChI is InChI=1S/C29H28BrN3O5/c1-20(28(34)33-15-5-6-16-33)38-29(35)27(32-31)25-17-23(30)11-14-26(25)37-19-22-9-12-24(13-10-22)36-18-21-7-3-2-4-8-21/h2-4,7-14,17,20H,5-6,15-16,18-19H2,1H3/t20-/m0/s1. The monoisotopic (exact) mass is 577 g/mol. The van der Waals surface area contributed by atoms with Gasteiger partial charge in [0.2, 0.25) is 0 Å². The van der Waals surface area contributed by atoms with Gasteiger partial charge in [0.25, 0.3) is 5.91 Å². The van der Waals surface area contributed by atoms with Crippen LogP contribution in [-0.2, 0) is 27.5 Å². The van der Waals surface area contributed by atoms with E-state index in [0.29, 0.717) is 29.9 Å². The van der Waals surface area contributed by atoms with E-state index in [9.17, 15) is 15.1 Å². The molecule has 1 aliphatic rings. The quantitative estimate of drug-likeness (QED) is 0.143. The van der Waals surface area contributed by atoms with E-state index < -0.39 is 12.1 Å². The van der Waals surface area contributed by atoms with Crippen molar-refractivity contribution < 1.29 is 28.6 Å². The number of benzene rings is 3. The highest BCUT2D eigenvalue weighted by Crippen LogP contribution is 2.26. The highest BCUT2D eigenvalue weighted by atomic mass is 79.9. The highest BCUT2D eigenvalue weighted by Gasteiger charge is 2.33. The van der Waals surface area contributed by atoms with Crippen molar-refractivity contribution in [2.24, 2.45) is 0 Å². The van der Waals surface area contributed by atoms with E-state index in [1.54, 1.807) is 23.1 Å². The maximum atomic E-state index is 12.9. The van der Waals surface area contributed by atoms with Crippen molar-refractivity contribution in [2.45, 2.75) is 39.1 Å². The normalized spacial score (nSPS) is 13.4. The van der Waals surface area contributed by atoms with Crippen molar-refractivity contribution in [3.8, 4) is 11.5 Å². The Morgan fingerprint density at radius 3 is 2.29 bits per heavy atom. The number of rotatable bonds is 10. The Labute approximate surface area is 229 Å². The van der Waals surface area contributed by atoms with E-state index in [0.717, 1.165) is 29.7 Å². The number of esters is 1. The summed E-state index contributed by atoms with van der Waals surface area (Å²) in [6.45, 7) is 3.47. The lowest BCUT2D eigenvalue weighted by molar-refractivity contribution is -0.155. The highest BCUT2D eigenvalue weighted by molar-refractivity contribution is 9.10. The molecule has 1 saturated heterocycles. The third-order valence-corrected chi connectivity index (χ3v) is 6.60. The molecule has 0 unspecified atom stereocenters. The molecule has 0 aliphatic carbocycles. The summed E-state index contributed by atoms with van der Waals surface area (Å²) in [4.78, 5) is 30.3. The van der Waals surface area contributed by atoms with Crippen molar-refractivity contribution in [2.75, 3.05) is 13.1 Å². The van der Waals surface area contributed by atoms with Crippen molar-refractivity contribution >= 4 is 33.5 Å². The van der Waals surface area contributed by atoms with Gasteiger partial charge >= 0.3 is 11.7 Å². The molecule has 0 aromatic heterocycles. The molecule has 1 atom stereocenters. The van der Waals surface area contributed by atoms with Crippen LogP contribution < -0.4 is 9.47 Å². The van der Waals surface area contributed by atoms with Crippen LogP contribution in [0, 0.1) is 0 Å². The lowest BCUT2D eigenvalue weighted by Crippen LogP contribution is -2.39. The van der Waals surface area contributed by atoms with Gasteiger partial charge in [0.15, 0.2) is 6.10 Å². The molecule has 3 aromatic rings. The second kappa shape index (κ2) is 13.0. The van der Waals surface area contributed by atoms with Crippen molar-refractivity contribution in [3.63, 3.8) is 0 Å². The molecule has 0 radical (unpaired) electrons. The minimum absolute atomic E-state index is 0.200. The number of nitrogens with zero attached hydrogens (tertiary/aromatic N) is 3. The molecule has 1 fully saturated rings. The maximum absolute atomic E-state index is 12.9. The molecule has 3 aromatic carbocycles. The molecule has 0 N–H and O–H groups in total. The average Bonchev–Trinajstić information content (AvgIpc) is 3.48. The van der Waals surface area contributed by atoms with Gasteiger partial charge in [-0.15, -0.1) is 0 Å². The molecule has 4 rings (SSSR count). The first-order valence-corrected chi connectivity index (χ1v) is 13.1. The largest absolute Gasteiger partial charge is 0.489 e. The number of amides is 1. The van der Waals surface area contributed by atoms with Crippen LogP contribution in [0.4, 0.5) is 0 Å². The Morgan fingerprint density at radius 1 is 0.947 bits per heavy atom. The minimum Gasteiger partial charge on any atom is -0.489 e. The van der Waals surface area contributed by atoms with Crippen LogP contribution in [0.5, 0.6) is 11.5 Å². The van der Waals surface area contributed by atoms with Crippen LogP contribution in [0.2, 0.25) is 0 Å². The number of hydrogen-bond donors (Lipinski definition) is 0. The number of likely N-dealkylation sites (tertiary alicyclic amines) is 1. The fraction of sp³-hybridized carbons (Fsp3) is 0.276. The zero-order chi connectivity index (χ0) is 26.9. The third kappa shape index (κ3) is 7.09. The lowest BCUT2D eigenvalue weighted by atomic mass is 10.1. The van der Waals surface area contributed by atoms with Gasteiger partial charge in [-0.25, -0.2) is 4.79 Å². The van der Waals surface area contributed by atoms with Gasteiger partial charge in [-0.1, -0.05) is 58.4 Å². The van der Waals surface area contributed by atoms with Gasteiger partial charge in [0, 0.05) is 17.6 Å². The molecule has 38 heavy (non-hydrogen) atoms. The Bertz CT molecular complexity index is 1320. The molecule has 0 saturated carbocycles. The maximum Gasteiger partial charge on any atom is 0.423 e. The van der Waals surface area contributed by atoms with Crippen LogP contribution in [0.1, 0.15) is 36.5 Å². The molecule has 1 aliphatic heterocycles. The Balaban J connectivity index is 1.40. The number of carbonyl (C=O) groups excluding carboxylic acids is 2. The number of halogens is 1. The molecule has 8 nitrogen and oxygen atoms in total. The van der Waals surface area contributed by atoms with Crippen molar-refractivity contribution in [1.29, 1.82) is 0 Å². The van der Waals surface area contributed by atoms with Crippen LogP contribution in [-0.4, -0.2) is 46.5 Å². The first-order chi connectivity index (χ1) is 18.4. The van der Waals surface area contributed by atoms with Crippen LogP contribution >= 0.6 is 15.9 Å². The topological polar surface area (TPSA) is 101 Å². The van der Waals surface area contributed by atoms with Gasteiger partial charge < -0.3 is 24.6 Å². The Morgan fingerprint density at radius 2 is 1.61 bits per heavy atom. The molecule has 9 heteroatoms. The molecule has 1 heterocycles. The smallest absolute Gasteiger partial charge is 0.423 e. The van der Waals surface area contributed by atoms with Crippen LogP contribution in [0.15, 0.2) is 77.3 Å². The summed E-state index contributed by atoms with van der Waals surface area (Å²) >= 11 is 3.38. The summed E-state index contributed by atoms with van der Waals surface area (Å²) in [5.41, 5.74) is 11.5. The van der Waals surface area contributed by atoms with Gasteiger partial charge in [-0.2, -0.15) is 4.79 Å². The van der Waals surface area contributed by atoms with E-state index in [1.165, 1.54) is 6.92 Å². The number of carbonyl (C=O) groups is 2.